The van der Waals surface area contributed by atoms with Crippen LogP contribution in [-0.4, -0.2) is 6.03 Å². The number of rotatable bonds is 2. The third-order valence-electron chi connectivity index (χ3n) is 5.07. The smallest absolute Gasteiger partial charge is 0.319 e. The summed E-state index contributed by atoms with van der Waals surface area (Å²) in [6, 6.07) is 16.8. The van der Waals surface area contributed by atoms with E-state index in [1.807, 2.05) is 6.07 Å². The van der Waals surface area contributed by atoms with Gasteiger partial charge in [0.25, 0.3) is 0 Å². The molecule has 4 rings (SSSR count). The second-order valence-electron chi connectivity index (χ2n) is 6.91. The SMILES string of the molecule is CC(C)c1ccc([C@H]2NC(=O)NC3=C2CCc2ccccc23)cc1. The first kappa shape index (κ1) is 15.0. The zero-order chi connectivity index (χ0) is 16.7. The molecule has 1 aliphatic carbocycles. The molecule has 0 unspecified atom stereocenters. The predicted molar refractivity (Wildman–Crippen MR) is 96.6 cm³/mol. The maximum atomic E-state index is 12.2. The van der Waals surface area contributed by atoms with Crippen molar-refractivity contribution >= 4 is 11.7 Å². The third-order valence-corrected chi connectivity index (χ3v) is 5.07. The molecule has 122 valence electrons. The Hall–Kier alpha value is -2.55. The number of aryl methyl sites for hydroxylation is 1. The van der Waals surface area contributed by atoms with Gasteiger partial charge in [-0.1, -0.05) is 62.4 Å². The lowest BCUT2D eigenvalue weighted by atomic mass is 9.82. The minimum atomic E-state index is -0.122. The van der Waals surface area contributed by atoms with Gasteiger partial charge in [-0.05, 0) is 41.0 Å². The fourth-order valence-corrected chi connectivity index (χ4v) is 3.71. The zero-order valence-electron chi connectivity index (χ0n) is 14.1. The highest BCUT2D eigenvalue weighted by Gasteiger charge is 2.31. The van der Waals surface area contributed by atoms with Crippen molar-refractivity contribution in [2.24, 2.45) is 0 Å². The Morgan fingerprint density at radius 3 is 2.50 bits per heavy atom. The zero-order valence-corrected chi connectivity index (χ0v) is 14.1. The van der Waals surface area contributed by atoms with Gasteiger partial charge < -0.3 is 10.6 Å². The van der Waals surface area contributed by atoms with Crippen molar-refractivity contribution in [3.63, 3.8) is 0 Å². The fourth-order valence-electron chi connectivity index (χ4n) is 3.71. The van der Waals surface area contributed by atoms with Gasteiger partial charge in [-0.2, -0.15) is 0 Å². The molecule has 1 atom stereocenters. The molecule has 3 nitrogen and oxygen atoms in total. The van der Waals surface area contributed by atoms with Crippen LogP contribution in [0, 0.1) is 0 Å². The minimum absolute atomic E-state index is 0.0386. The molecule has 0 bridgehead atoms. The number of carbonyl (C=O) groups is 1. The highest BCUT2D eigenvalue weighted by molar-refractivity contribution is 5.91. The molecule has 2 aliphatic rings. The molecular weight excluding hydrogens is 296 g/mol. The molecule has 0 saturated heterocycles. The van der Waals surface area contributed by atoms with Gasteiger partial charge in [-0.15, -0.1) is 0 Å². The van der Waals surface area contributed by atoms with Crippen molar-refractivity contribution in [1.82, 2.24) is 10.6 Å². The van der Waals surface area contributed by atoms with Crippen LogP contribution in [0.2, 0.25) is 0 Å². The summed E-state index contributed by atoms with van der Waals surface area (Å²) in [5, 5.41) is 6.14. The lowest BCUT2D eigenvalue weighted by Crippen LogP contribution is -2.44. The predicted octanol–water partition coefficient (Wildman–Crippen LogP) is 4.52. The summed E-state index contributed by atoms with van der Waals surface area (Å²) in [4.78, 5) is 12.2. The van der Waals surface area contributed by atoms with E-state index in [2.05, 4.69) is 66.9 Å². The maximum Gasteiger partial charge on any atom is 0.319 e. The van der Waals surface area contributed by atoms with Crippen LogP contribution in [0.15, 0.2) is 54.1 Å². The number of nitrogens with one attached hydrogen (secondary N) is 2. The summed E-state index contributed by atoms with van der Waals surface area (Å²) in [5.41, 5.74) is 7.23. The van der Waals surface area contributed by atoms with E-state index < -0.39 is 0 Å². The van der Waals surface area contributed by atoms with E-state index in [9.17, 15) is 4.79 Å². The second kappa shape index (κ2) is 5.82. The molecule has 2 aromatic carbocycles. The lowest BCUT2D eigenvalue weighted by molar-refractivity contribution is 0.240. The molecule has 0 fully saturated rings. The first-order chi connectivity index (χ1) is 11.6. The summed E-state index contributed by atoms with van der Waals surface area (Å²) in [6.45, 7) is 4.39. The van der Waals surface area contributed by atoms with Crippen LogP contribution in [0.5, 0.6) is 0 Å². The van der Waals surface area contributed by atoms with E-state index in [0.29, 0.717) is 5.92 Å². The Labute approximate surface area is 142 Å². The summed E-state index contributed by atoms with van der Waals surface area (Å²) >= 11 is 0. The number of hydrogen-bond acceptors (Lipinski definition) is 1. The molecule has 0 spiro atoms. The number of benzene rings is 2. The average molecular weight is 318 g/mol. The highest BCUT2D eigenvalue weighted by Crippen LogP contribution is 2.38. The van der Waals surface area contributed by atoms with Crippen molar-refractivity contribution in [2.75, 3.05) is 0 Å². The Balaban J connectivity index is 1.77. The number of fused-ring (bicyclic) bond motifs is 2. The van der Waals surface area contributed by atoms with Gasteiger partial charge in [0.05, 0.1) is 11.7 Å². The van der Waals surface area contributed by atoms with E-state index in [0.717, 1.165) is 29.7 Å². The van der Waals surface area contributed by atoms with E-state index in [-0.39, 0.29) is 12.1 Å². The van der Waals surface area contributed by atoms with Crippen LogP contribution in [0.25, 0.3) is 5.70 Å². The summed E-state index contributed by atoms with van der Waals surface area (Å²) in [5.74, 6) is 0.512. The molecule has 2 aromatic rings. The van der Waals surface area contributed by atoms with Crippen molar-refractivity contribution < 1.29 is 4.79 Å². The standard InChI is InChI=1S/C21H22N2O/c1-13(2)14-7-9-16(10-8-14)19-18-12-11-15-5-3-4-6-17(15)20(18)23-21(24)22-19/h3-10,13,19H,11-12H2,1-2H3,(H2,22,23,24)/t19-/m1/s1. The van der Waals surface area contributed by atoms with Crippen molar-refractivity contribution in [1.29, 1.82) is 0 Å². The average Bonchev–Trinajstić information content (AvgIpc) is 2.61. The summed E-state index contributed by atoms with van der Waals surface area (Å²) in [7, 11) is 0. The quantitative estimate of drug-likeness (QED) is 0.839. The number of urea groups is 1. The van der Waals surface area contributed by atoms with Crippen LogP contribution in [0.3, 0.4) is 0 Å². The third kappa shape index (κ3) is 2.50. The van der Waals surface area contributed by atoms with E-state index in [4.69, 9.17) is 0 Å². The van der Waals surface area contributed by atoms with Crippen LogP contribution in [-0.2, 0) is 6.42 Å². The molecule has 0 aromatic heterocycles. The molecule has 0 saturated carbocycles. The lowest BCUT2D eigenvalue weighted by Gasteiger charge is -2.34. The Morgan fingerprint density at radius 2 is 1.75 bits per heavy atom. The molecule has 0 radical (unpaired) electrons. The number of amides is 2. The van der Waals surface area contributed by atoms with E-state index >= 15 is 0 Å². The summed E-state index contributed by atoms with van der Waals surface area (Å²) < 4.78 is 0. The number of carbonyl (C=O) groups excluding carboxylic acids is 1. The first-order valence-corrected chi connectivity index (χ1v) is 8.62. The van der Waals surface area contributed by atoms with Crippen LogP contribution >= 0.6 is 0 Å². The van der Waals surface area contributed by atoms with Gasteiger partial charge in [0, 0.05) is 5.56 Å². The van der Waals surface area contributed by atoms with Crippen molar-refractivity contribution in [3.8, 4) is 0 Å². The molecule has 24 heavy (non-hydrogen) atoms. The topological polar surface area (TPSA) is 41.1 Å². The van der Waals surface area contributed by atoms with Crippen LogP contribution in [0.1, 0.15) is 54.5 Å². The van der Waals surface area contributed by atoms with Gasteiger partial charge >= 0.3 is 6.03 Å². The molecular formula is C21H22N2O. The van der Waals surface area contributed by atoms with Crippen molar-refractivity contribution in [2.45, 2.75) is 38.6 Å². The fraction of sp³-hybridized carbons (Fsp3) is 0.286. The minimum Gasteiger partial charge on any atom is -0.327 e. The Bertz CT molecular complexity index is 818. The van der Waals surface area contributed by atoms with E-state index in [1.165, 1.54) is 16.7 Å². The molecule has 1 heterocycles. The molecule has 1 aliphatic heterocycles. The normalized spacial score (nSPS) is 19.5. The first-order valence-electron chi connectivity index (χ1n) is 8.62. The van der Waals surface area contributed by atoms with E-state index in [1.54, 1.807) is 0 Å². The van der Waals surface area contributed by atoms with Crippen LogP contribution in [0.4, 0.5) is 4.79 Å². The monoisotopic (exact) mass is 318 g/mol. The molecule has 2 amide bonds. The maximum absolute atomic E-state index is 12.2. The van der Waals surface area contributed by atoms with Gasteiger partial charge in [0.2, 0.25) is 0 Å². The number of hydrogen-bond donors (Lipinski definition) is 2. The highest BCUT2D eigenvalue weighted by atomic mass is 16.2. The molecule has 2 N–H and O–H groups in total. The summed E-state index contributed by atoms with van der Waals surface area (Å²) in [6.07, 6.45) is 1.99. The van der Waals surface area contributed by atoms with Gasteiger partial charge in [-0.25, -0.2) is 4.79 Å². The Kier molecular flexibility index (Phi) is 3.64. The van der Waals surface area contributed by atoms with Gasteiger partial charge in [0.15, 0.2) is 0 Å². The molecule has 3 heteroatoms. The van der Waals surface area contributed by atoms with Crippen LogP contribution < -0.4 is 10.6 Å². The second-order valence-corrected chi connectivity index (χ2v) is 6.91. The van der Waals surface area contributed by atoms with Crippen molar-refractivity contribution in [3.05, 3.63) is 76.4 Å². The van der Waals surface area contributed by atoms with Gasteiger partial charge in [-0.3, -0.25) is 0 Å². The largest absolute Gasteiger partial charge is 0.327 e. The van der Waals surface area contributed by atoms with Gasteiger partial charge in [0.1, 0.15) is 0 Å². The Morgan fingerprint density at radius 1 is 1.00 bits per heavy atom.